The van der Waals surface area contributed by atoms with Crippen molar-refractivity contribution in [2.75, 3.05) is 13.2 Å². The van der Waals surface area contributed by atoms with Gasteiger partial charge in [-0.25, -0.2) is 0 Å². The van der Waals surface area contributed by atoms with Gasteiger partial charge in [-0.05, 0) is 49.2 Å². The molecular weight excluding hydrogens is 378 g/mol. The third-order valence-electron chi connectivity index (χ3n) is 3.94. The quantitative estimate of drug-likeness (QED) is 0.642. The first-order valence-corrected chi connectivity index (χ1v) is 8.73. The van der Waals surface area contributed by atoms with E-state index in [-0.39, 0.29) is 22.5 Å². The molecule has 0 aliphatic carbocycles. The van der Waals surface area contributed by atoms with Crippen molar-refractivity contribution < 1.29 is 28.6 Å². The molecule has 0 radical (unpaired) electrons. The minimum Gasteiger partial charge on any atom is -0.548 e. The Morgan fingerprint density at radius 1 is 1.07 bits per heavy atom. The maximum Gasteiger partial charge on any atom is 0.258 e. The van der Waals surface area contributed by atoms with Crippen LogP contribution in [0.5, 0.6) is 17.2 Å². The lowest BCUT2D eigenvalue weighted by atomic mass is 10.1. The second-order valence-corrected chi connectivity index (χ2v) is 6.45. The monoisotopic (exact) mass is 396 g/mol. The van der Waals surface area contributed by atoms with E-state index in [4.69, 9.17) is 13.9 Å². The first-order chi connectivity index (χ1) is 13.8. The number of nitrogens with one attached hydrogen (secondary N) is 1. The second kappa shape index (κ2) is 8.47. The van der Waals surface area contributed by atoms with Crippen molar-refractivity contribution in [2.24, 2.45) is 0 Å². The summed E-state index contributed by atoms with van der Waals surface area (Å²) in [5.41, 5.74) is 1.94. The van der Waals surface area contributed by atoms with Gasteiger partial charge in [0.2, 0.25) is 11.2 Å². The van der Waals surface area contributed by atoms with Gasteiger partial charge in [-0.15, -0.1) is 0 Å². The molecule has 2 aromatic carbocycles. The number of amides is 1. The largest absolute Gasteiger partial charge is 0.548 e. The fraction of sp³-hybridized carbons (Fsp3) is 0.190. The maximum absolute atomic E-state index is 12.7. The first-order valence-electron chi connectivity index (χ1n) is 8.73. The number of fused-ring (bicyclic) bond motifs is 1. The van der Waals surface area contributed by atoms with E-state index in [9.17, 15) is 19.5 Å². The van der Waals surface area contributed by atoms with Gasteiger partial charge in [-0.3, -0.25) is 9.59 Å². The van der Waals surface area contributed by atoms with Gasteiger partial charge in [-0.1, -0.05) is 6.07 Å². The van der Waals surface area contributed by atoms with E-state index in [0.717, 1.165) is 11.1 Å². The summed E-state index contributed by atoms with van der Waals surface area (Å²) >= 11 is 0. The van der Waals surface area contributed by atoms with Gasteiger partial charge in [0.1, 0.15) is 23.3 Å². The molecule has 8 heteroatoms. The van der Waals surface area contributed by atoms with Crippen molar-refractivity contribution in [3.8, 4) is 17.2 Å². The van der Waals surface area contributed by atoms with Gasteiger partial charge in [0.15, 0.2) is 6.61 Å². The molecule has 0 aliphatic heterocycles. The fourth-order valence-electron chi connectivity index (χ4n) is 2.74. The lowest BCUT2D eigenvalue weighted by molar-refractivity contribution is -0.304. The number of carboxylic acids is 1. The van der Waals surface area contributed by atoms with Crippen LogP contribution in [0.25, 0.3) is 11.0 Å². The molecule has 0 fully saturated rings. The van der Waals surface area contributed by atoms with Gasteiger partial charge in [0.25, 0.3) is 5.91 Å². The Hall–Kier alpha value is -3.81. The minimum absolute atomic E-state index is 0.0535. The van der Waals surface area contributed by atoms with Gasteiger partial charge < -0.3 is 29.1 Å². The van der Waals surface area contributed by atoms with Crippen LogP contribution in [0.1, 0.15) is 11.1 Å². The van der Waals surface area contributed by atoms with Crippen LogP contribution in [-0.2, 0) is 9.59 Å². The van der Waals surface area contributed by atoms with Gasteiger partial charge in [0.05, 0.1) is 17.9 Å². The zero-order valence-corrected chi connectivity index (χ0v) is 15.8. The number of hydrogen-bond acceptors (Lipinski definition) is 7. The Morgan fingerprint density at radius 2 is 1.79 bits per heavy atom. The molecule has 0 spiro atoms. The van der Waals surface area contributed by atoms with Crippen LogP contribution in [0.4, 0.5) is 0 Å². The van der Waals surface area contributed by atoms with E-state index in [2.05, 4.69) is 5.32 Å². The molecule has 1 amide bonds. The molecule has 1 aromatic heterocycles. The van der Waals surface area contributed by atoms with Crippen molar-refractivity contribution in [1.82, 2.24) is 5.32 Å². The highest BCUT2D eigenvalue weighted by Gasteiger charge is 2.11. The molecule has 0 saturated heterocycles. The van der Waals surface area contributed by atoms with Crippen LogP contribution in [0.2, 0.25) is 0 Å². The first kappa shape index (κ1) is 19.9. The Labute approximate surface area is 165 Å². The van der Waals surface area contributed by atoms with Crippen LogP contribution in [-0.4, -0.2) is 25.0 Å². The summed E-state index contributed by atoms with van der Waals surface area (Å²) in [4.78, 5) is 34.5. The topological polar surface area (TPSA) is 118 Å². The highest BCUT2D eigenvalue weighted by Crippen LogP contribution is 2.25. The standard InChI is InChI=1S/C21H19NO7/c1-12-5-13(2)7-15(6-12)29-18-10-28-17-8-14(3-4-16(17)21(18)26)27-11-19(23)22-9-20(24)25/h3-8,10H,9,11H2,1-2H3,(H,22,23)(H,24,25)/p-1. The zero-order valence-electron chi connectivity index (χ0n) is 15.8. The number of hydrogen-bond donors (Lipinski definition) is 1. The number of aryl methyl sites for hydroxylation is 2. The summed E-state index contributed by atoms with van der Waals surface area (Å²) in [5.74, 6) is -1.14. The van der Waals surface area contributed by atoms with Crippen LogP contribution in [0.15, 0.2) is 51.9 Å². The summed E-state index contributed by atoms with van der Waals surface area (Å²) in [7, 11) is 0. The van der Waals surface area contributed by atoms with E-state index in [1.54, 1.807) is 0 Å². The van der Waals surface area contributed by atoms with E-state index in [1.807, 2.05) is 32.0 Å². The molecular formula is C21H18NO7-. The summed E-state index contributed by atoms with van der Waals surface area (Å²) < 4.78 is 16.5. The van der Waals surface area contributed by atoms with Crippen molar-refractivity contribution in [2.45, 2.75) is 13.8 Å². The van der Waals surface area contributed by atoms with Crippen LogP contribution < -0.4 is 25.3 Å². The van der Waals surface area contributed by atoms with Crippen LogP contribution >= 0.6 is 0 Å². The Morgan fingerprint density at radius 3 is 2.48 bits per heavy atom. The normalized spacial score (nSPS) is 10.6. The number of carboxylic acid groups (broad SMARTS) is 1. The molecule has 150 valence electrons. The van der Waals surface area contributed by atoms with Crippen molar-refractivity contribution in [3.63, 3.8) is 0 Å². The van der Waals surface area contributed by atoms with Gasteiger partial charge >= 0.3 is 0 Å². The molecule has 0 saturated carbocycles. The Balaban J connectivity index is 1.76. The van der Waals surface area contributed by atoms with E-state index >= 15 is 0 Å². The number of carbonyl (C=O) groups is 2. The highest BCUT2D eigenvalue weighted by molar-refractivity contribution is 5.82. The maximum atomic E-state index is 12.7. The van der Waals surface area contributed by atoms with Crippen molar-refractivity contribution >= 4 is 22.8 Å². The molecule has 3 aromatic rings. The number of rotatable bonds is 7. The lowest BCUT2D eigenvalue weighted by Crippen LogP contribution is -2.39. The molecule has 0 aliphatic rings. The third-order valence-corrected chi connectivity index (χ3v) is 3.94. The van der Waals surface area contributed by atoms with Gasteiger partial charge in [0, 0.05) is 6.07 Å². The summed E-state index contributed by atoms with van der Waals surface area (Å²) in [5, 5.41) is 12.7. The second-order valence-electron chi connectivity index (χ2n) is 6.45. The number of ether oxygens (including phenoxy) is 2. The average Bonchev–Trinajstić information content (AvgIpc) is 2.66. The van der Waals surface area contributed by atoms with Crippen LogP contribution in [0.3, 0.4) is 0 Å². The average molecular weight is 396 g/mol. The molecule has 0 atom stereocenters. The van der Waals surface area contributed by atoms with E-state index in [1.165, 1.54) is 24.5 Å². The number of aliphatic carboxylic acids is 1. The Bertz CT molecular complexity index is 1110. The predicted octanol–water partition coefficient (Wildman–Crippen LogP) is 1.45. The summed E-state index contributed by atoms with van der Waals surface area (Å²) in [6.07, 6.45) is 1.22. The minimum atomic E-state index is -1.40. The zero-order chi connectivity index (χ0) is 21.0. The summed E-state index contributed by atoms with van der Waals surface area (Å²) in [6, 6.07) is 10.1. The van der Waals surface area contributed by atoms with Crippen molar-refractivity contribution in [1.29, 1.82) is 0 Å². The lowest BCUT2D eigenvalue weighted by Gasteiger charge is -2.09. The fourth-order valence-corrected chi connectivity index (χ4v) is 2.74. The van der Waals surface area contributed by atoms with Crippen molar-refractivity contribution in [3.05, 3.63) is 64.0 Å². The Kier molecular flexibility index (Phi) is 5.82. The molecule has 29 heavy (non-hydrogen) atoms. The SMILES string of the molecule is Cc1cc(C)cc(Oc2coc3cc(OCC(=O)NCC(=O)[O-])ccc3c2=O)c1. The number of benzene rings is 2. The molecule has 1 N–H and O–H groups in total. The molecule has 3 rings (SSSR count). The molecule has 0 bridgehead atoms. The van der Waals surface area contributed by atoms with Gasteiger partial charge in [-0.2, -0.15) is 0 Å². The van der Waals surface area contributed by atoms with Crippen LogP contribution in [0, 0.1) is 13.8 Å². The molecule has 1 heterocycles. The molecule has 0 unspecified atom stereocenters. The molecule has 8 nitrogen and oxygen atoms in total. The smallest absolute Gasteiger partial charge is 0.258 e. The van der Waals surface area contributed by atoms with E-state index in [0.29, 0.717) is 11.1 Å². The predicted molar refractivity (Wildman–Crippen MR) is 102 cm³/mol. The highest BCUT2D eigenvalue weighted by atomic mass is 16.5. The summed E-state index contributed by atoms with van der Waals surface area (Å²) in [6.45, 7) is 2.88. The van der Waals surface area contributed by atoms with E-state index < -0.39 is 25.0 Å². The third kappa shape index (κ3) is 5.13. The number of carbonyl (C=O) groups excluding carboxylic acids is 2.